The number of hydrogen-bond acceptors (Lipinski definition) is 2. The van der Waals surface area contributed by atoms with Crippen molar-refractivity contribution in [2.75, 3.05) is 0 Å². The molecule has 11 rings (SSSR count). The number of hydrogen-bond donors (Lipinski definition) is 0. The van der Waals surface area contributed by atoms with Gasteiger partial charge in [-0.2, -0.15) is 0 Å². The number of para-hydroxylation sites is 4. The van der Waals surface area contributed by atoms with Crippen molar-refractivity contribution in [2.24, 2.45) is 6.98 Å². The Labute approximate surface area is 336 Å². The van der Waals surface area contributed by atoms with Crippen LogP contribution in [0.4, 0.5) is 0 Å². The van der Waals surface area contributed by atoms with Crippen molar-refractivity contribution >= 4 is 70.9 Å². The molecule has 0 aliphatic heterocycles. The maximum atomic E-state index is 8.45. The summed E-state index contributed by atoms with van der Waals surface area (Å²) in [7, 11) is 0. The molecule has 0 unspecified atom stereocenters. The van der Waals surface area contributed by atoms with E-state index in [0.29, 0.717) is 31.9 Å². The minimum atomic E-state index is -2.55. The number of fused-ring (bicyclic) bond motifs is 10. The summed E-state index contributed by atoms with van der Waals surface area (Å²) in [5, 5.41) is 6.66. The summed E-state index contributed by atoms with van der Waals surface area (Å²) in [6, 6.07) is 44.6. The van der Waals surface area contributed by atoms with Gasteiger partial charge in [0.15, 0.2) is 0 Å². The number of aromatic nitrogens is 5. The zero-order valence-corrected chi connectivity index (χ0v) is 32.3. The molecular formula is C48H35N5OPt-2. The summed E-state index contributed by atoms with van der Waals surface area (Å²) in [6.45, 7) is 1.52. The minimum absolute atomic E-state index is 0.0167. The molecule has 0 saturated heterocycles. The summed E-state index contributed by atoms with van der Waals surface area (Å²) < 4.78 is 64.7. The van der Waals surface area contributed by atoms with Crippen molar-refractivity contribution in [3.63, 3.8) is 0 Å². The molecule has 0 radical (unpaired) electrons. The molecule has 0 aliphatic rings. The van der Waals surface area contributed by atoms with Crippen LogP contribution in [-0.2, 0) is 31.7 Å². The van der Waals surface area contributed by atoms with Crippen LogP contribution in [0.25, 0.3) is 82.4 Å². The fourth-order valence-corrected chi connectivity index (χ4v) is 9.10. The molecule has 6 nitrogen and oxygen atoms in total. The zero-order valence-electron chi connectivity index (χ0n) is 36.0. The molecule has 5 aromatic heterocycles. The maximum absolute atomic E-state index is 8.45. The number of benzene rings is 6. The van der Waals surface area contributed by atoms with E-state index in [2.05, 4.69) is 103 Å². The molecule has 0 atom stereocenters. The fraction of sp³-hybridized carbons (Fsp3) is 0.125. The van der Waals surface area contributed by atoms with Crippen LogP contribution in [0.5, 0.6) is 11.5 Å². The van der Waals surface area contributed by atoms with Gasteiger partial charge in [0.05, 0.1) is 16.6 Å². The minimum Gasteiger partial charge on any atom is -0.0561 e. The summed E-state index contributed by atoms with van der Waals surface area (Å²) >= 11 is 1.99. The van der Waals surface area contributed by atoms with Gasteiger partial charge in [0.25, 0.3) is 0 Å². The van der Waals surface area contributed by atoms with Gasteiger partial charge in [-0.05, 0) is 23.1 Å². The number of pyridine rings is 1. The Morgan fingerprint density at radius 1 is 0.673 bits per heavy atom. The third kappa shape index (κ3) is 4.64. The molecular weight excluding hydrogens is 858 g/mol. The quantitative estimate of drug-likeness (QED) is 0.165. The number of rotatable bonds is 4. The van der Waals surface area contributed by atoms with Gasteiger partial charge in [0.1, 0.15) is 0 Å². The Kier molecular flexibility index (Phi) is 5.60. The molecule has 0 fully saturated rings. The average molecular weight is 899 g/mol. The van der Waals surface area contributed by atoms with Crippen LogP contribution >= 0.6 is 0 Å². The molecule has 11 aromatic rings. The van der Waals surface area contributed by atoms with Gasteiger partial charge in [-0.3, -0.25) is 0 Å². The fourth-order valence-electron chi connectivity index (χ4n) is 8.28. The van der Waals surface area contributed by atoms with Crippen LogP contribution in [-0.4, -0.2) is 23.1 Å². The summed E-state index contributed by atoms with van der Waals surface area (Å²) in [6.07, 6.45) is 1.84. The predicted molar refractivity (Wildman–Crippen MR) is 220 cm³/mol. The molecule has 0 amide bonds. The number of aryl methyl sites for hydroxylation is 2. The van der Waals surface area contributed by atoms with Crippen LogP contribution in [0.2, 0.25) is 0 Å². The van der Waals surface area contributed by atoms with Gasteiger partial charge in [-0.1, -0.05) is 57.2 Å². The Bertz CT molecular complexity index is 3680. The molecule has 0 aliphatic carbocycles. The molecule has 55 heavy (non-hydrogen) atoms. The normalized spacial score (nSPS) is 14.6. The van der Waals surface area contributed by atoms with Gasteiger partial charge in [0.2, 0.25) is 0 Å². The topological polar surface area (TPSA) is 41.3 Å². The van der Waals surface area contributed by atoms with Crippen LogP contribution < -0.4 is 4.74 Å². The molecule has 0 saturated carbocycles. The molecule has 5 heterocycles. The van der Waals surface area contributed by atoms with E-state index in [1.807, 2.05) is 49.8 Å². The van der Waals surface area contributed by atoms with E-state index in [0.717, 1.165) is 38.3 Å². The van der Waals surface area contributed by atoms with Crippen LogP contribution in [0.15, 0.2) is 121 Å². The first-order valence-corrected chi connectivity index (χ1v) is 19.2. The number of ether oxygens (including phenoxy) is 1. The second-order valence-electron chi connectivity index (χ2n) is 15.1. The van der Waals surface area contributed by atoms with Crippen LogP contribution in [0.1, 0.15) is 40.1 Å². The van der Waals surface area contributed by atoms with E-state index < -0.39 is 13.8 Å². The summed E-state index contributed by atoms with van der Waals surface area (Å²) in [5.41, 5.74) is 7.53. The average Bonchev–Trinajstić information content (AvgIpc) is 3.92. The van der Waals surface area contributed by atoms with Crippen molar-refractivity contribution < 1.29 is 32.3 Å². The van der Waals surface area contributed by atoms with E-state index in [-0.39, 0.29) is 22.5 Å². The van der Waals surface area contributed by atoms with E-state index in [1.54, 1.807) is 28.8 Å². The van der Waals surface area contributed by atoms with E-state index in [1.165, 1.54) is 32.3 Å². The Morgan fingerprint density at radius 2 is 1.44 bits per heavy atom. The van der Waals surface area contributed by atoms with E-state index >= 15 is 0 Å². The molecule has 0 spiro atoms. The second kappa shape index (κ2) is 11.5. The van der Waals surface area contributed by atoms with Gasteiger partial charge in [0, 0.05) is 27.7 Å². The van der Waals surface area contributed by atoms with Gasteiger partial charge in [-0.25, -0.2) is 0 Å². The van der Waals surface area contributed by atoms with E-state index in [9.17, 15) is 0 Å². The van der Waals surface area contributed by atoms with Gasteiger partial charge >= 0.3 is 209 Å². The SMILES string of the molecule is [2H]C([2H])([2H])c1ccc(-n2[c](=[Pt])n(C([2H])([2H])[2H])c3ccccc32)[c-]c1Oc1[c-]c2c(cc1)c1cc3c4cccc5c6ccccc6n(c3cc1n2-c1cc(C(C)(C)C)ccn1)c54. The van der Waals surface area contributed by atoms with Crippen molar-refractivity contribution in [1.29, 1.82) is 0 Å². The Balaban J connectivity index is 1.15. The van der Waals surface area contributed by atoms with E-state index in [4.69, 9.17) is 17.9 Å². The molecule has 0 N–H and O–H groups in total. The van der Waals surface area contributed by atoms with Crippen molar-refractivity contribution in [1.82, 2.24) is 23.1 Å². The predicted octanol–water partition coefficient (Wildman–Crippen LogP) is 11.7. The van der Waals surface area contributed by atoms with Gasteiger partial charge < -0.3 is 4.40 Å². The molecule has 270 valence electrons. The Hall–Kier alpha value is -5.97. The molecule has 0 bridgehead atoms. The standard InChI is InChI=1S/C48H35N5O.Pt/c1-29-17-18-31(51-28-50(5)40-15-8-9-16-41(40)51)24-45(29)54-32-19-20-34-37-26-38-36-13-10-12-35-33-11-6-7-14-39(33)53(47(35)36)44(38)27-43(37)52(42(34)25-32)46-23-30(21-22-49-46)48(2,3)4;/h6-23,26-27H,1-5H3;/q-2;/i1D3,5D3;. The van der Waals surface area contributed by atoms with Gasteiger partial charge in [-0.15, -0.1) is 0 Å². The van der Waals surface area contributed by atoms with Crippen molar-refractivity contribution in [3.05, 3.63) is 149 Å². The second-order valence-corrected chi connectivity index (χ2v) is 16.1. The molecule has 6 aromatic carbocycles. The van der Waals surface area contributed by atoms with Crippen molar-refractivity contribution in [2.45, 2.75) is 33.0 Å². The third-order valence-corrected chi connectivity index (χ3v) is 11.9. The monoisotopic (exact) mass is 898 g/mol. The summed E-state index contributed by atoms with van der Waals surface area (Å²) in [4.78, 5) is 4.93. The first-order valence-electron chi connectivity index (χ1n) is 21.1. The number of nitrogens with zero attached hydrogens (tertiary/aromatic N) is 5. The smallest absolute Gasteiger partial charge is 0.0561 e. The first kappa shape index (κ1) is 26.7. The van der Waals surface area contributed by atoms with Crippen LogP contribution in [0.3, 0.4) is 0 Å². The third-order valence-electron chi connectivity index (χ3n) is 10.9. The number of imidazole rings is 1. The summed E-state index contributed by atoms with van der Waals surface area (Å²) in [5.74, 6) is 0.979. The molecule has 7 heteroatoms. The Morgan fingerprint density at radius 3 is 2.25 bits per heavy atom. The van der Waals surface area contributed by atoms with Crippen LogP contribution in [0, 0.1) is 22.8 Å². The van der Waals surface area contributed by atoms with Crippen molar-refractivity contribution in [3.8, 4) is 23.0 Å². The zero-order chi connectivity index (χ0) is 42.3. The first-order chi connectivity index (χ1) is 29.1.